The van der Waals surface area contributed by atoms with Gasteiger partial charge in [-0.3, -0.25) is 4.55 Å². The van der Waals surface area contributed by atoms with Gasteiger partial charge in [-0.1, -0.05) is 18.2 Å². The molecule has 0 radical (unpaired) electrons. The van der Waals surface area contributed by atoms with Gasteiger partial charge in [0.1, 0.15) is 18.0 Å². The monoisotopic (exact) mass is 320 g/mol. The maximum atomic E-state index is 11.3. The highest BCUT2D eigenvalue weighted by atomic mass is 32.2. The molecular weight excluding hydrogens is 302 g/mol. The Morgan fingerprint density at radius 1 is 1.14 bits per heavy atom. The molecule has 0 spiro atoms. The van der Waals surface area contributed by atoms with E-state index in [-0.39, 0.29) is 5.75 Å². The van der Waals surface area contributed by atoms with Crippen LogP contribution in [0.25, 0.3) is 11.6 Å². The highest BCUT2D eigenvalue weighted by Crippen LogP contribution is 2.20. The Balaban J connectivity index is 2.43. The zero-order valence-electron chi connectivity index (χ0n) is 12.2. The molecule has 6 heteroatoms. The molecule has 0 aliphatic rings. The predicted octanol–water partition coefficient (Wildman–Crippen LogP) is 2.13. The van der Waals surface area contributed by atoms with Crippen molar-refractivity contribution in [1.82, 2.24) is 0 Å². The van der Waals surface area contributed by atoms with Gasteiger partial charge >= 0.3 is 0 Å². The molecule has 116 valence electrons. The largest absolute Gasteiger partial charge is 0.508 e. The van der Waals surface area contributed by atoms with Crippen LogP contribution in [0.4, 0.5) is 0 Å². The minimum Gasteiger partial charge on any atom is -0.508 e. The Labute approximate surface area is 129 Å². The van der Waals surface area contributed by atoms with Crippen LogP contribution in [0.3, 0.4) is 0 Å². The van der Waals surface area contributed by atoms with Gasteiger partial charge in [0.05, 0.1) is 0 Å². The van der Waals surface area contributed by atoms with Gasteiger partial charge in [-0.25, -0.2) is 4.57 Å². The molecule has 0 saturated heterocycles. The molecule has 0 fully saturated rings. The molecule has 0 saturated carbocycles. The fourth-order valence-electron chi connectivity index (χ4n) is 2.06. The molecular formula is C16H18NO4S+. The van der Waals surface area contributed by atoms with Crippen molar-refractivity contribution in [2.45, 2.75) is 13.5 Å². The van der Waals surface area contributed by atoms with E-state index in [0.29, 0.717) is 5.57 Å². The Bertz CT molecular complexity index is 763. The third-order valence-electron chi connectivity index (χ3n) is 3.20. The highest BCUT2D eigenvalue weighted by Gasteiger charge is 2.13. The Kier molecular flexibility index (Phi) is 4.95. The number of rotatable bonds is 5. The second-order valence-corrected chi connectivity index (χ2v) is 6.36. The molecule has 5 nitrogen and oxygen atoms in total. The smallest absolute Gasteiger partial charge is 0.269 e. The fourth-order valence-corrected chi connectivity index (χ4v) is 2.70. The van der Waals surface area contributed by atoms with Crippen molar-refractivity contribution >= 4 is 21.8 Å². The van der Waals surface area contributed by atoms with Gasteiger partial charge in [-0.15, -0.1) is 0 Å². The second-order valence-electron chi connectivity index (χ2n) is 4.90. The molecule has 2 N–H and O–H groups in total. The van der Waals surface area contributed by atoms with E-state index in [1.165, 1.54) is 12.1 Å². The Morgan fingerprint density at radius 2 is 1.73 bits per heavy atom. The lowest BCUT2D eigenvalue weighted by atomic mass is 10.1. The van der Waals surface area contributed by atoms with Crippen LogP contribution >= 0.6 is 0 Å². The number of phenolic OH excluding ortho intramolecular Hbond substituents is 1. The zero-order chi connectivity index (χ0) is 16.2. The maximum Gasteiger partial charge on any atom is 0.269 e. The van der Waals surface area contributed by atoms with E-state index in [0.717, 1.165) is 17.7 Å². The quantitative estimate of drug-likeness (QED) is 0.653. The molecule has 1 aromatic carbocycles. The summed E-state index contributed by atoms with van der Waals surface area (Å²) >= 11 is 0. The van der Waals surface area contributed by atoms with Crippen LogP contribution in [0.5, 0.6) is 5.75 Å². The number of aromatic nitrogens is 1. The number of hydrogen-bond donors (Lipinski definition) is 2. The third kappa shape index (κ3) is 4.68. The molecule has 22 heavy (non-hydrogen) atoms. The summed E-state index contributed by atoms with van der Waals surface area (Å²) in [7, 11) is -4.14. The molecule has 0 unspecified atom stereocenters. The van der Waals surface area contributed by atoms with Crippen LogP contribution in [0.2, 0.25) is 0 Å². The van der Waals surface area contributed by atoms with Crippen molar-refractivity contribution in [3.8, 4) is 5.75 Å². The van der Waals surface area contributed by atoms with Gasteiger partial charge < -0.3 is 5.11 Å². The minimum absolute atomic E-state index is 0.136. The first-order chi connectivity index (χ1) is 10.4. The first-order valence-corrected chi connectivity index (χ1v) is 8.42. The molecule has 2 rings (SSSR count). The molecule has 0 aliphatic heterocycles. The predicted molar refractivity (Wildman–Crippen MR) is 84.7 cm³/mol. The summed E-state index contributed by atoms with van der Waals surface area (Å²) in [6.45, 7) is 2.82. The van der Waals surface area contributed by atoms with E-state index in [2.05, 4.69) is 0 Å². The Morgan fingerprint density at radius 3 is 2.23 bits per heavy atom. The van der Waals surface area contributed by atoms with Crippen LogP contribution in [0.1, 0.15) is 18.1 Å². The van der Waals surface area contributed by atoms with E-state index in [9.17, 15) is 13.5 Å². The van der Waals surface area contributed by atoms with Crippen LogP contribution in [-0.4, -0.2) is 23.8 Å². The van der Waals surface area contributed by atoms with Crippen LogP contribution in [0, 0.1) is 0 Å². The van der Waals surface area contributed by atoms with Crippen LogP contribution in [0.15, 0.2) is 48.8 Å². The summed E-state index contributed by atoms with van der Waals surface area (Å²) in [6, 6.07) is 10.0. The van der Waals surface area contributed by atoms with Crippen LogP contribution < -0.4 is 4.57 Å². The molecule has 1 aromatic heterocycles. The summed E-state index contributed by atoms with van der Waals surface area (Å²) < 4.78 is 33.6. The van der Waals surface area contributed by atoms with E-state index < -0.39 is 15.9 Å². The zero-order valence-corrected chi connectivity index (χ0v) is 13.0. The normalized spacial score (nSPS) is 12.4. The van der Waals surface area contributed by atoms with Crippen molar-refractivity contribution in [1.29, 1.82) is 0 Å². The average Bonchev–Trinajstić information content (AvgIpc) is 2.48. The number of nitrogens with zero attached hydrogens (tertiary/aromatic N) is 1. The second kappa shape index (κ2) is 6.72. The number of hydrogen-bond acceptors (Lipinski definition) is 3. The summed E-state index contributed by atoms with van der Waals surface area (Å²) in [6.07, 6.45) is 5.38. The molecule has 0 bridgehead atoms. The van der Waals surface area contributed by atoms with E-state index in [4.69, 9.17) is 4.55 Å². The fraction of sp³-hybridized carbons (Fsp3) is 0.188. The molecule has 1 heterocycles. The molecule has 0 aliphatic carbocycles. The van der Waals surface area contributed by atoms with Gasteiger partial charge in [0.2, 0.25) is 0 Å². The van der Waals surface area contributed by atoms with Crippen molar-refractivity contribution in [2.75, 3.05) is 5.75 Å². The summed E-state index contributed by atoms with van der Waals surface area (Å²) in [5.41, 5.74) is 1.94. The van der Waals surface area contributed by atoms with Gasteiger partial charge in [0, 0.05) is 12.1 Å². The number of benzene rings is 1. The number of aryl methyl sites for hydroxylation is 1. The van der Waals surface area contributed by atoms with E-state index >= 15 is 0 Å². The van der Waals surface area contributed by atoms with Crippen molar-refractivity contribution in [2.24, 2.45) is 0 Å². The SMILES string of the molecule is CC[n+]1ccc(/C(=C/c2ccc(O)cc2)CS(=O)(=O)O)cc1. The van der Waals surface area contributed by atoms with Crippen molar-refractivity contribution < 1.29 is 22.6 Å². The Hall–Kier alpha value is -2.18. The third-order valence-corrected chi connectivity index (χ3v) is 3.87. The lowest BCUT2D eigenvalue weighted by molar-refractivity contribution is -0.693. The average molecular weight is 320 g/mol. The summed E-state index contributed by atoms with van der Waals surface area (Å²) in [4.78, 5) is 0. The van der Waals surface area contributed by atoms with E-state index in [1.807, 2.05) is 23.9 Å². The van der Waals surface area contributed by atoms with Gasteiger partial charge in [-0.05, 0) is 35.8 Å². The lowest BCUT2D eigenvalue weighted by Gasteiger charge is -2.06. The van der Waals surface area contributed by atoms with Crippen molar-refractivity contribution in [3.05, 3.63) is 59.9 Å². The number of aromatic hydroxyl groups is 1. The lowest BCUT2D eigenvalue weighted by Crippen LogP contribution is -2.30. The van der Waals surface area contributed by atoms with Crippen LogP contribution in [-0.2, 0) is 16.7 Å². The molecule has 2 aromatic rings. The first kappa shape index (κ1) is 16.2. The van der Waals surface area contributed by atoms with E-state index in [1.54, 1.807) is 30.3 Å². The molecule has 0 amide bonds. The molecule has 0 atom stereocenters. The maximum absolute atomic E-state index is 11.3. The highest BCUT2D eigenvalue weighted by molar-refractivity contribution is 7.86. The van der Waals surface area contributed by atoms with Gasteiger partial charge in [0.15, 0.2) is 12.4 Å². The number of pyridine rings is 1. The standard InChI is InChI=1S/C16H17NO4S/c1-2-17-9-7-14(8-10-17)15(12-22(19,20)21)11-13-3-5-16(18)6-4-13/h3-11H,2,12H2,1H3,(H,19,20,21)/p+1. The number of phenols is 1. The van der Waals surface area contributed by atoms with Crippen molar-refractivity contribution in [3.63, 3.8) is 0 Å². The summed E-state index contributed by atoms with van der Waals surface area (Å²) in [5.74, 6) is -0.332. The first-order valence-electron chi connectivity index (χ1n) is 6.81. The minimum atomic E-state index is -4.14. The van der Waals surface area contributed by atoms with Gasteiger partial charge in [0.25, 0.3) is 10.1 Å². The van der Waals surface area contributed by atoms with Gasteiger partial charge in [-0.2, -0.15) is 8.42 Å². The topological polar surface area (TPSA) is 78.5 Å². The summed E-state index contributed by atoms with van der Waals surface area (Å²) in [5, 5.41) is 9.29.